The molecule has 1 atom stereocenters. The second-order valence-electron chi connectivity index (χ2n) is 8.54. The Hall–Kier alpha value is -3.70. The Morgan fingerprint density at radius 1 is 1.00 bits per heavy atom. The maximum atomic E-state index is 13.4. The van der Waals surface area contributed by atoms with Crippen LogP contribution in [0.25, 0.3) is 11.1 Å². The largest absolute Gasteiger partial charge is 0.373 e. The van der Waals surface area contributed by atoms with Crippen LogP contribution in [0.5, 0.6) is 0 Å². The van der Waals surface area contributed by atoms with Crippen molar-refractivity contribution in [1.29, 1.82) is 0 Å². The lowest BCUT2D eigenvalue weighted by Crippen LogP contribution is -2.46. The molecule has 3 N–H and O–H groups in total. The summed E-state index contributed by atoms with van der Waals surface area (Å²) in [6.45, 7) is 1.60. The molecule has 0 saturated carbocycles. The molecule has 0 spiro atoms. The third-order valence-corrected chi connectivity index (χ3v) is 8.06. The normalized spacial score (nSPS) is 12.8. The highest BCUT2D eigenvalue weighted by Gasteiger charge is 2.29. The van der Waals surface area contributed by atoms with E-state index in [9.17, 15) is 21.6 Å². The molecule has 1 amide bonds. The summed E-state index contributed by atoms with van der Waals surface area (Å²) in [7, 11) is -7.20. The molecule has 9 nitrogen and oxygen atoms in total. The summed E-state index contributed by atoms with van der Waals surface area (Å²) in [4.78, 5) is 13.6. The Kier molecular flexibility index (Phi) is 8.72. The molecule has 0 unspecified atom stereocenters. The van der Waals surface area contributed by atoms with Crippen molar-refractivity contribution in [2.24, 2.45) is 10.9 Å². The van der Waals surface area contributed by atoms with Crippen LogP contribution >= 0.6 is 0 Å². The molecule has 196 valence electrons. The number of rotatable bonds is 10. The van der Waals surface area contributed by atoms with Gasteiger partial charge in [-0.25, -0.2) is 21.1 Å². The first-order valence-corrected chi connectivity index (χ1v) is 15.2. The summed E-state index contributed by atoms with van der Waals surface area (Å²) >= 11 is 0. The summed E-state index contributed by atoms with van der Waals surface area (Å²) in [6, 6.07) is 20.0. The fourth-order valence-corrected chi connectivity index (χ4v) is 5.86. The second kappa shape index (κ2) is 11.6. The van der Waals surface area contributed by atoms with Crippen molar-refractivity contribution in [3.05, 3.63) is 83.9 Å². The van der Waals surface area contributed by atoms with Gasteiger partial charge in [0.15, 0.2) is 9.84 Å². The van der Waals surface area contributed by atoms with Gasteiger partial charge in [-0.05, 0) is 41.8 Å². The summed E-state index contributed by atoms with van der Waals surface area (Å²) < 4.78 is 49.8. The molecule has 37 heavy (non-hydrogen) atoms. The lowest BCUT2D eigenvalue weighted by atomic mass is 10.0. The summed E-state index contributed by atoms with van der Waals surface area (Å²) in [5.41, 5.74) is 3.36. The summed E-state index contributed by atoms with van der Waals surface area (Å²) in [5.74, 6) is 4.66. The average molecular weight is 543 g/mol. The van der Waals surface area contributed by atoms with Gasteiger partial charge in [0.2, 0.25) is 10.0 Å². The molecule has 3 aromatic carbocycles. The lowest BCUT2D eigenvalue weighted by molar-refractivity contribution is -0.127. The fraction of sp³-hybridized carbons (Fsp3) is 0.231. The monoisotopic (exact) mass is 542 g/mol. The zero-order valence-electron chi connectivity index (χ0n) is 20.8. The van der Waals surface area contributed by atoms with E-state index >= 15 is 0 Å². The number of sulfone groups is 1. The van der Waals surface area contributed by atoms with Gasteiger partial charge in [-0.1, -0.05) is 54.6 Å². The first kappa shape index (κ1) is 27.9. The van der Waals surface area contributed by atoms with E-state index in [1.165, 1.54) is 6.21 Å². The molecule has 0 aliphatic rings. The highest BCUT2D eigenvalue weighted by Crippen LogP contribution is 2.28. The van der Waals surface area contributed by atoms with Crippen LogP contribution in [-0.4, -0.2) is 58.4 Å². The van der Waals surface area contributed by atoms with Crippen LogP contribution < -0.4 is 11.2 Å². The van der Waals surface area contributed by atoms with Crippen LogP contribution in [0.4, 0.5) is 5.69 Å². The van der Waals surface area contributed by atoms with Crippen LogP contribution in [-0.2, 0) is 31.1 Å². The molecule has 3 aromatic rings. The van der Waals surface area contributed by atoms with Crippen LogP contribution in [0.15, 0.2) is 82.8 Å². The Bertz CT molecular complexity index is 1500. The van der Waals surface area contributed by atoms with Gasteiger partial charge < -0.3 is 11.2 Å². The molecule has 3 rings (SSSR count). The zero-order valence-corrected chi connectivity index (χ0v) is 22.5. The minimum atomic E-state index is -3.77. The number of amides is 1. The number of nitrogens with two attached hydrogens (primary N) is 1. The van der Waals surface area contributed by atoms with E-state index < -0.39 is 31.8 Å². The number of hydrogen-bond acceptors (Lipinski definition) is 8. The quantitative estimate of drug-likeness (QED) is 0.228. The van der Waals surface area contributed by atoms with Gasteiger partial charge in [0, 0.05) is 30.5 Å². The molecule has 0 aliphatic carbocycles. The van der Waals surface area contributed by atoms with Crippen LogP contribution in [0, 0.1) is 0 Å². The van der Waals surface area contributed by atoms with Crippen molar-refractivity contribution in [3.63, 3.8) is 0 Å². The number of nitrogens with one attached hydrogen (secondary N) is 1. The second-order valence-corrected chi connectivity index (χ2v) is 12.4. The van der Waals surface area contributed by atoms with Gasteiger partial charge in [0.25, 0.3) is 5.91 Å². The molecule has 0 aromatic heterocycles. The standard InChI is InChI=1S/C26H30N4O5S2/c1-4-30(37(3,34)35)26(31)24(17-19-8-7-9-20(16-19)18-28-27)29-22-14-12-21(13-15-22)23-10-5-6-11-25(23)36(2,32)33/h5-16,18,24,29H,4,17,27H2,1-3H3/t24-/m0/s1. The molecular formula is C26H30N4O5S2. The predicted molar refractivity (Wildman–Crippen MR) is 147 cm³/mol. The van der Waals surface area contributed by atoms with Gasteiger partial charge >= 0.3 is 0 Å². The highest BCUT2D eigenvalue weighted by atomic mass is 32.2. The number of carbonyl (C=O) groups excluding carboxylic acids is 1. The van der Waals surface area contributed by atoms with Crippen molar-refractivity contribution in [1.82, 2.24) is 4.31 Å². The predicted octanol–water partition coefficient (Wildman–Crippen LogP) is 2.88. The number of nitrogens with zero attached hydrogens (tertiary/aromatic N) is 2. The number of benzene rings is 3. The van der Waals surface area contributed by atoms with Gasteiger partial charge in [-0.3, -0.25) is 4.79 Å². The Morgan fingerprint density at radius 3 is 2.27 bits per heavy atom. The van der Waals surface area contributed by atoms with E-state index in [1.54, 1.807) is 61.5 Å². The van der Waals surface area contributed by atoms with E-state index in [4.69, 9.17) is 5.84 Å². The average Bonchev–Trinajstić information content (AvgIpc) is 2.83. The van der Waals surface area contributed by atoms with Crippen molar-refractivity contribution >= 4 is 37.7 Å². The van der Waals surface area contributed by atoms with Crippen molar-refractivity contribution in [3.8, 4) is 11.1 Å². The molecule has 0 bridgehead atoms. The van der Waals surface area contributed by atoms with Crippen molar-refractivity contribution in [2.75, 3.05) is 24.4 Å². The van der Waals surface area contributed by atoms with Crippen LogP contribution in [0.2, 0.25) is 0 Å². The number of sulfonamides is 1. The number of anilines is 1. The zero-order chi connectivity index (χ0) is 27.2. The third kappa shape index (κ3) is 7.17. The number of likely N-dealkylation sites (N-methyl/N-ethyl adjacent to an activating group) is 1. The highest BCUT2D eigenvalue weighted by molar-refractivity contribution is 7.90. The maximum Gasteiger partial charge on any atom is 0.258 e. The molecule has 0 fully saturated rings. The Labute approximate surface area is 218 Å². The number of carbonyl (C=O) groups is 1. The van der Waals surface area contributed by atoms with Gasteiger partial charge in [-0.15, -0.1) is 0 Å². The first-order chi connectivity index (χ1) is 17.4. The molecular weight excluding hydrogens is 512 g/mol. The van der Waals surface area contributed by atoms with E-state index in [0.29, 0.717) is 16.8 Å². The molecule has 11 heteroatoms. The molecule has 0 saturated heterocycles. The Morgan fingerprint density at radius 2 is 1.68 bits per heavy atom. The summed E-state index contributed by atoms with van der Waals surface area (Å²) in [6.07, 6.45) is 3.84. The smallest absolute Gasteiger partial charge is 0.258 e. The SMILES string of the molecule is CCN(C(=O)[C@H](Cc1cccc(C=NN)c1)Nc1ccc(-c2ccccc2S(C)(=O)=O)cc1)S(C)(=O)=O. The summed E-state index contributed by atoms with van der Waals surface area (Å²) in [5, 5.41) is 6.68. The Balaban J connectivity index is 1.95. The van der Waals surface area contributed by atoms with Crippen LogP contribution in [0.1, 0.15) is 18.1 Å². The number of hydrazone groups is 1. The fourth-order valence-electron chi connectivity index (χ4n) is 4.03. The van der Waals surface area contributed by atoms with Crippen LogP contribution in [0.3, 0.4) is 0 Å². The lowest BCUT2D eigenvalue weighted by Gasteiger charge is -2.26. The minimum Gasteiger partial charge on any atom is -0.373 e. The molecule has 0 radical (unpaired) electrons. The number of hydrogen-bond donors (Lipinski definition) is 2. The molecule has 0 heterocycles. The third-order valence-electron chi connectivity index (χ3n) is 5.67. The van der Waals surface area contributed by atoms with E-state index in [0.717, 1.165) is 27.9 Å². The van der Waals surface area contributed by atoms with Gasteiger partial charge in [-0.2, -0.15) is 5.10 Å². The van der Waals surface area contributed by atoms with Gasteiger partial charge in [0.1, 0.15) is 6.04 Å². The van der Waals surface area contributed by atoms with E-state index in [-0.39, 0.29) is 17.9 Å². The molecule has 0 aliphatic heterocycles. The van der Waals surface area contributed by atoms with E-state index in [2.05, 4.69) is 10.4 Å². The maximum absolute atomic E-state index is 13.4. The topological polar surface area (TPSA) is 139 Å². The van der Waals surface area contributed by atoms with Gasteiger partial charge in [0.05, 0.1) is 17.4 Å². The van der Waals surface area contributed by atoms with Crippen molar-refractivity contribution in [2.45, 2.75) is 24.3 Å². The van der Waals surface area contributed by atoms with Crippen molar-refractivity contribution < 1.29 is 21.6 Å². The van der Waals surface area contributed by atoms with E-state index in [1.807, 2.05) is 18.2 Å². The minimum absolute atomic E-state index is 0.00304. The first-order valence-electron chi connectivity index (χ1n) is 11.4.